The Morgan fingerprint density at radius 1 is 1.16 bits per heavy atom. The van der Waals surface area contributed by atoms with Crippen molar-refractivity contribution in [2.24, 2.45) is 5.41 Å². The quantitative estimate of drug-likeness (QED) is 0.639. The number of nitrogens with one attached hydrogen (secondary N) is 1. The van der Waals surface area contributed by atoms with Crippen LogP contribution in [0.1, 0.15) is 61.8 Å². The van der Waals surface area contributed by atoms with Crippen LogP contribution in [-0.4, -0.2) is 58.9 Å². The Morgan fingerprint density at radius 2 is 1.87 bits per heavy atom. The molecule has 2 aliphatic rings. The fourth-order valence-electron chi connectivity index (χ4n) is 5.49. The third-order valence-electron chi connectivity index (χ3n) is 7.42. The van der Waals surface area contributed by atoms with Gasteiger partial charge >= 0.3 is 0 Å². The number of aromatic nitrogens is 1. The standard InChI is InChI=1S/C26H37N3O2/c1-19(2)21-5-7-22(8-6-21)26(31,24(3)17-29(4)18-24)23-13-20(14-28-15-23)9-10-25(30)11-12-27-16-25/h5-8,13-15,19,27,30-31H,9-12,16-18H2,1-4H3/t25?,26-/m0/s1. The van der Waals surface area contributed by atoms with Gasteiger partial charge in [-0.3, -0.25) is 4.98 Å². The fourth-order valence-corrected chi connectivity index (χ4v) is 5.49. The second-order valence-corrected chi connectivity index (χ2v) is 10.5. The molecule has 5 heteroatoms. The van der Waals surface area contributed by atoms with Crippen LogP contribution in [0.15, 0.2) is 42.7 Å². The number of benzene rings is 1. The van der Waals surface area contributed by atoms with Crippen LogP contribution in [0.5, 0.6) is 0 Å². The predicted octanol–water partition coefficient (Wildman–Crippen LogP) is 3.05. The molecule has 3 N–H and O–H groups in total. The highest BCUT2D eigenvalue weighted by atomic mass is 16.3. The molecule has 0 bridgehead atoms. The maximum absolute atomic E-state index is 12.3. The highest BCUT2D eigenvalue weighted by Gasteiger charge is 2.55. The molecular formula is C26H37N3O2. The summed E-state index contributed by atoms with van der Waals surface area (Å²) in [4.78, 5) is 6.75. The van der Waals surface area contributed by atoms with Crippen LogP contribution in [-0.2, 0) is 12.0 Å². The Balaban J connectivity index is 1.67. The Labute approximate surface area is 186 Å². The van der Waals surface area contributed by atoms with Gasteiger partial charge in [-0.25, -0.2) is 0 Å². The summed E-state index contributed by atoms with van der Waals surface area (Å²) < 4.78 is 0. The topological polar surface area (TPSA) is 68.6 Å². The first kappa shape index (κ1) is 22.4. The van der Waals surface area contributed by atoms with Crippen molar-refractivity contribution in [3.63, 3.8) is 0 Å². The predicted molar refractivity (Wildman–Crippen MR) is 124 cm³/mol. The van der Waals surface area contributed by atoms with E-state index in [1.54, 1.807) is 0 Å². The Bertz CT molecular complexity index is 899. The average molecular weight is 424 g/mol. The monoisotopic (exact) mass is 423 g/mol. The number of aryl methyl sites for hydroxylation is 1. The molecule has 1 unspecified atom stereocenters. The van der Waals surface area contributed by atoms with Crippen molar-refractivity contribution in [1.29, 1.82) is 0 Å². The molecule has 168 valence electrons. The second-order valence-electron chi connectivity index (χ2n) is 10.5. The zero-order chi connectivity index (χ0) is 22.3. The highest BCUT2D eigenvalue weighted by molar-refractivity contribution is 5.42. The zero-order valence-electron chi connectivity index (χ0n) is 19.4. The van der Waals surface area contributed by atoms with Crippen LogP contribution in [0.3, 0.4) is 0 Å². The number of nitrogens with zero attached hydrogens (tertiary/aromatic N) is 2. The summed E-state index contributed by atoms with van der Waals surface area (Å²) in [5.74, 6) is 0.452. The van der Waals surface area contributed by atoms with E-state index in [9.17, 15) is 10.2 Å². The Hall–Kier alpha value is -1.79. The highest BCUT2D eigenvalue weighted by Crippen LogP contribution is 2.50. The van der Waals surface area contributed by atoms with Crippen LogP contribution in [0.2, 0.25) is 0 Å². The lowest BCUT2D eigenvalue weighted by Crippen LogP contribution is -2.63. The summed E-state index contributed by atoms with van der Waals surface area (Å²) in [6.45, 7) is 9.71. The molecule has 0 saturated carbocycles. The van der Waals surface area contributed by atoms with E-state index in [2.05, 4.69) is 73.4 Å². The van der Waals surface area contributed by atoms with Crippen molar-refractivity contribution < 1.29 is 10.2 Å². The molecule has 2 aliphatic heterocycles. The molecule has 0 spiro atoms. The summed E-state index contributed by atoms with van der Waals surface area (Å²) in [6.07, 6.45) is 5.92. The van der Waals surface area contributed by atoms with Gasteiger partial charge in [0.2, 0.25) is 0 Å². The average Bonchev–Trinajstić information content (AvgIpc) is 3.17. The first-order valence-corrected chi connectivity index (χ1v) is 11.5. The van der Waals surface area contributed by atoms with Crippen molar-refractivity contribution >= 4 is 0 Å². The Kier molecular flexibility index (Phi) is 5.99. The number of aliphatic hydroxyl groups is 2. The molecule has 3 heterocycles. The van der Waals surface area contributed by atoms with Crippen molar-refractivity contribution in [2.45, 2.75) is 57.2 Å². The molecule has 5 nitrogen and oxygen atoms in total. The van der Waals surface area contributed by atoms with Gasteiger partial charge in [0, 0.05) is 43.0 Å². The lowest BCUT2D eigenvalue weighted by Gasteiger charge is -2.56. The largest absolute Gasteiger partial charge is 0.389 e. The van der Waals surface area contributed by atoms with Crippen molar-refractivity contribution in [2.75, 3.05) is 33.2 Å². The van der Waals surface area contributed by atoms with Crippen LogP contribution < -0.4 is 5.32 Å². The SMILES string of the molecule is CC(C)c1ccc([C@](O)(c2cncc(CCC3(O)CCNC3)c2)C2(C)CN(C)C2)cc1. The molecule has 4 rings (SSSR count). The van der Waals surface area contributed by atoms with E-state index in [1.807, 2.05) is 12.4 Å². The van der Waals surface area contributed by atoms with Gasteiger partial charge in [-0.05, 0) is 61.5 Å². The Morgan fingerprint density at radius 3 is 2.45 bits per heavy atom. The van der Waals surface area contributed by atoms with Gasteiger partial charge in [-0.15, -0.1) is 0 Å². The second kappa shape index (κ2) is 8.28. The normalized spacial score (nSPS) is 25.4. The van der Waals surface area contributed by atoms with Crippen molar-refractivity contribution in [3.8, 4) is 0 Å². The molecule has 1 aromatic carbocycles. The lowest BCUT2D eigenvalue weighted by molar-refractivity contribution is -0.127. The summed E-state index contributed by atoms with van der Waals surface area (Å²) in [5, 5.41) is 26.3. The van der Waals surface area contributed by atoms with Crippen LogP contribution in [0.4, 0.5) is 0 Å². The molecule has 2 atom stereocenters. The summed E-state index contributed by atoms with van der Waals surface area (Å²) in [7, 11) is 2.09. The van der Waals surface area contributed by atoms with Crippen molar-refractivity contribution in [3.05, 3.63) is 65.0 Å². The van der Waals surface area contributed by atoms with Gasteiger partial charge in [0.05, 0.1) is 5.60 Å². The van der Waals surface area contributed by atoms with E-state index in [-0.39, 0.29) is 5.41 Å². The molecule has 2 aromatic rings. The minimum Gasteiger partial charge on any atom is -0.389 e. The van der Waals surface area contributed by atoms with Gasteiger partial charge in [0.25, 0.3) is 0 Å². The zero-order valence-corrected chi connectivity index (χ0v) is 19.4. The van der Waals surface area contributed by atoms with Gasteiger partial charge in [0.15, 0.2) is 0 Å². The maximum Gasteiger partial charge on any atom is 0.124 e. The molecule has 0 radical (unpaired) electrons. The van der Waals surface area contributed by atoms with E-state index in [4.69, 9.17) is 0 Å². The third kappa shape index (κ3) is 4.17. The fraction of sp³-hybridized carbons (Fsp3) is 0.577. The van der Waals surface area contributed by atoms with E-state index < -0.39 is 11.2 Å². The molecular weight excluding hydrogens is 386 g/mol. The van der Waals surface area contributed by atoms with Crippen LogP contribution in [0.25, 0.3) is 0 Å². The number of hydrogen-bond donors (Lipinski definition) is 3. The molecule has 0 aliphatic carbocycles. The summed E-state index contributed by atoms with van der Waals surface area (Å²) in [6, 6.07) is 10.5. The molecule has 31 heavy (non-hydrogen) atoms. The smallest absolute Gasteiger partial charge is 0.124 e. The van der Waals surface area contributed by atoms with E-state index in [1.165, 1.54) is 5.56 Å². The van der Waals surface area contributed by atoms with E-state index in [0.29, 0.717) is 18.9 Å². The van der Waals surface area contributed by atoms with E-state index in [0.717, 1.165) is 49.2 Å². The number of pyridine rings is 1. The summed E-state index contributed by atoms with van der Waals surface area (Å²) >= 11 is 0. The number of rotatable bonds is 7. The molecule has 0 amide bonds. The molecule has 1 aromatic heterocycles. The minimum absolute atomic E-state index is 0.297. The lowest BCUT2D eigenvalue weighted by atomic mass is 9.62. The minimum atomic E-state index is -1.12. The van der Waals surface area contributed by atoms with Crippen LogP contribution >= 0.6 is 0 Å². The number of likely N-dealkylation sites (tertiary alicyclic amines) is 1. The van der Waals surface area contributed by atoms with Gasteiger partial charge < -0.3 is 20.4 Å². The maximum atomic E-state index is 12.3. The third-order valence-corrected chi connectivity index (χ3v) is 7.42. The molecule has 2 fully saturated rings. The summed E-state index contributed by atoms with van der Waals surface area (Å²) in [5.41, 5.74) is 2.04. The first-order chi connectivity index (χ1) is 14.7. The van der Waals surface area contributed by atoms with Crippen LogP contribution in [0, 0.1) is 5.41 Å². The number of hydrogen-bond acceptors (Lipinski definition) is 5. The van der Waals surface area contributed by atoms with Crippen molar-refractivity contribution in [1.82, 2.24) is 15.2 Å². The van der Waals surface area contributed by atoms with Gasteiger partial charge in [-0.2, -0.15) is 0 Å². The van der Waals surface area contributed by atoms with Gasteiger partial charge in [-0.1, -0.05) is 45.0 Å². The molecule has 2 saturated heterocycles. The van der Waals surface area contributed by atoms with E-state index >= 15 is 0 Å². The van der Waals surface area contributed by atoms with Gasteiger partial charge in [0.1, 0.15) is 5.60 Å². The first-order valence-electron chi connectivity index (χ1n) is 11.5. The number of β-amino-alcohol motifs (C(OH)–C–C–N with tert-alkyl or cyclic N) is 1.